The van der Waals surface area contributed by atoms with Gasteiger partial charge in [-0.2, -0.15) is 0 Å². The van der Waals surface area contributed by atoms with Crippen molar-refractivity contribution in [2.45, 2.75) is 244 Å². The molecule has 0 aliphatic carbocycles. The first kappa shape index (κ1) is 52.8. The average Bonchev–Trinajstić information content (AvgIpc) is 3.18. The molecular formula is C49H89NO5. The molecule has 0 rings (SSSR count). The molecule has 0 radical (unpaired) electrons. The monoisotopic (exact) mass is 772 g/mol. The van der Waals surface area contributed by atoms with E-state index in [9.17, 15) is 19.8 Å². The summed E-state index contributed by atoms with van der Waals surface area (Å²) in [7, 11) is 0. The maximum Gasteiger partial charge on any atom is 0.306 e. The summed E-state index contributed by atoms with van der Waals surface area (Å²) in [5.41, 5.74) is 0. The molecule has 0 bridgehead atoms. The molecule has 0 aromatic heterocycles. The summed E-state index contributed by atoms with van der Waals surface area (Å²) in [6.07, 6.45) is 50.3. The normalized spacial score (nSPS) is 13.8. The molecule has 0 aliphatic rings. The Balaban J connectivity index is 4.61. The maximum atomic E-state index is 13.1. The van der Waals surface area contributed by atoms with Crippen molar-refractivity contribution in [2.75, 3.05) is 6.61 Å². The molecule has 3 atom stereocenters. The predicted octanol–water partition coefficient (Wildman–Crippen LogP) is 13.5. The maximum absolute atomic E-state index is 13.1. The molecule has 0 heterocycles. The number of rotatable bonds is 41. The lowest BCUT2D eigenvalue weighted by molar-refractivity contribution is -0.151. The van der Waals surface area contributed by atoms with Crippen LogP contribution < -0.4 is 5.32 Å². The summed E-state index contributed by atoms with van der Waals surface area (Å²) < 4.78 is 5.88. The van der Waals surface area contributed by atoms with Crippen LogP contribution in [0.3, 0.4) is 0 Å². The van der Waals surface area contributed by atoms with Gasteiger partial charge in [-0.25, -0.2) is 0 Å². The van der Waals surface area contributed by atoms with Gasteiger partial charge in [0.15, 0.2) is 0 Å². The number of amides is 1. The molecule has 1 amide bonds. The summed E-state index contributed by atoms with van der Waals surface area (Å²) >= 11 is 0. The van der Waals surface area contributed by atoms with Crippen LogP contribution in [0, 0.1) is 0 Å². The van der Waals surface area contributed by atoms with Crippen molar-refractivity contribution in [1.82, 2.24) is 5.32 Å². The molecule has 3 N–H and O–H groups in total. The number of hydrogen-bond acceptors (Lipinski definition) is 5. The van der Waals surface area contributed by atoms with Crippen LogP contribution in [0.4, 0.5) is 0 Å². The van der Waals surface area contributed by atoms with Gasteiger partial charge in [0.1, 0.15) is 6.10 Å². The zero-order valence-corrected chi connectivity index (χ0v) is 36.3. The number of carbonyl (C=O) groups is 2. The van der Waals surface area contributed by atoms with Gasteiger partial charge in [-0.05, 0) is 70.6 Å². The van der Waals surface area contributed by atoms with Crippen molar-refractivity contribution in [3.8, 4) is 0 Å². The fourth-order valence-electron chi connectivity index (χ4n) is 6.89. The lowest BCUT2D eigenvalue weighted by Gasteiger charge is -2.24. The second-order valence-corrected chi connectivity index (χ2v) is 15.8. The van der Waals surface area contributed by atoms with Crippen molar-refractivity contribution in [2.24, 2.45) is 0 Å². The van der Waals surface area contributed by atoms with Gasteiger partial charge >= 0.3 is 5.97 Å². The van der Waals surface area contributed by atoms with Crippen LogP contribution in [-0.2, 0) is 14.3 Å². The van der Waals surface area contributed by atoms with Crippen molar-refractivity contribution >= 4 is 11.9 Å². The third-order valence-corrected chi connectivity index (χ3v) is 10.5. The fourth-order valence-corrected chi connectivity index (χ4v) is 6.89. The Hall–Kier alpha value is -2.18. The standard InChI is InChI=1S/C49H89NO5/c1-4-7-10-13-16-19-22-24-26-29-32-35-38-41-47(52)46(44-51)50-48(53)43-45(40-37-34-31-28-25-21-18-15-12-9-6-3)55-49(54)42-39-36-33-30-27-23-20-17-14-11-8-5-2/h9,12,15,17-18,20-21,25,45-47,51-52H,4-8,10-11,13-14,16,19,22-24,26-44H2,1-3H3,(H,50,53)/b12-9+,18-15+,20-17-,25-21-. The SMILES string of the molecule is CC/C=C/C=C/C=C\CCCCCC(CC(=O)NC(CO)C(O)CCCCCCCCCCCCCCC)OC(=O)CCCCCCC/C=C\CCCCC. The second-order valence-electron chi connectivity index (χ2n) is 15.8. The van der Waals surface area contributed by atoms with Gasteiger partial charge in [0.25, 0.3) is 0 Å². The molecular weight excluding hydrogens is 683 g/mol. The highest BCUT2D eigenvalue weighted by Crippen LogP contribution is 2.17. The summed E-state index contributed by atoms with van der Waals surface area (Å²) in [5.74, 6) is -0.520. The van der Waals surface area contributed by atoms with E-state index in [0.717, 1.165) is 77.0 Å². The summed E-state index contributed by atoms with van der Waals surface area (Å²) in [4.78, 5) is 26.0. The van der Waals surface area contributed by atoms with Crippen LogP contribution in [0.25, 0.3) is 0 Å². The zero-order valence-electron chi connectivity index (χ0n) is 36.3. The van der Waals surface area contributed by atoms with Crippen LogP contribution in [0.1, 0.15) is 226 Å². The molecule has 6 heteroatoms. The number of nitrogens with one attached hydrogen (secondary N) is 1. The van der Waals surface area contributed by atoms with Gasteiger partial charge in [-0.15, -0.1) is 0 Å². The van der Waals surface area contributed by atoms with E-state index in [4.69, 9.17) is 4.74 Å². The molecule has 0 saturated heterocycles. The van der Waals surface area contributed by atoms with Gasteiger partial charge in [0.05, 0.1) is 25.2 Å². The minimum Gasteiger partial charge on any atom is -0.462 e. The van der Waals surface area contributed by atoms with Crippen molar-refractivity contribution in [1.29, 1.82) is 0 Å². The predicted molar refractivity (Wildman–Crippen MR) is 236 cm³/mol. The highest BCUT2D eigenvalue weighted by atomic mass is 16.5. The molecule has 0 aromatic rings. The zero-order chi connectivity index (χ0) is 40.3. The van der Waals surface area contributed by atoms with Gasteiger partial charge in [0.2, 0.25) is 5.91 Å². The van der Waals surface area contributed by atoms with E-state index in [1.165, 1.54) is 103 Å². The molecule has 320 valence electrons. The van der Waals surface area contributed by atoms with Gasteiger partial charge < -0.3 is 20.3 Å². The fraction of sp³-hybridized carbons (Fsp3) is 0.796. The Morgan fingerprint density at radius 3 is 1.58 bits per heavy atom. The minimum absolute atomic E-state index is 0.0512. The van der Waals surface area contributed by atoms with Gasteiger partial charge in [0, 0.05) is 6.42 Å². The van der Waals surface area contributed by atoms with Crippen molar-refractivity contribution < 1.29 is 24.5 Å². The minimum atomic E-state index is -0.796. The molecule has 55 heavy (non-hydrogen) atoms. The Labute approximate surface area is 340 Å². The largest absolute Gasteiger partial charge is 0.462 e. The molecule has 6 nitrogen and oxygen atoms in total. The number of esters is 1. The lowest BCUT2D eigenvalue weighted by atomic mass is 10.0. The van der Waals surface area contributed by atoms with Crippen molar-refractivity contribution in [3.63, 3.8) is 0 Å². The van der Waals surface area contributed by atoms with Crippen LogP contribution in [0.5, 0.6) is 0 Å². The van der Waals surface area contributed by atoms with E-state index < -0.39 is 18.2 Å². The van der Waals surface area contributed by atoms with Crippen LogP contribution in [0.2, 0.25) is 0 Å². The number of ether oxygens (including phenoxy) is 1. The van der Waals surface area contributed by atoms with E-state index in [1.54, 1.807) is 0 Å². The number of unbranched alkanes of at least 4 members (excludes halogenated alkanes) is 23. The topological polar surface area (TPSA) is 95.9 Å². The Morgan fingerprint density at radius 2 is 1.00 bits per heavy atom. The number of allylic oxidation sites excluding steroid dienone is 8. The molecule has 0 spiro atoms. The second kappa shape index (κ2) is 43.0. The quantitative estimate of drug-likeness (QED) is 0.0249. The first-order valence-corrected chi connectivity index (χ1v) is 23.4. The summed E-state index contributed by atoms with van der Waals surface area (Å²) in [5, 5.41) is 23.7. The first-order chi connectivity index (χ1) is 27.0. The summed E-state index contributed by atoms with van der Waals surface area (Å²) in [6.45, 7) is 6.30. The number of hydrogen-bond donors (Lipinski definition) is 3. The third-order valence-electron chi connectivity index (χ3n) is 10.5. The Bertz CT molecular complexity index is 957. The van der Waals surface area contributed by atoms with E-state index in [0.29, 0.717) is 19.3 Å². The van der Waals surface area contributed by atoms with E-state index in [2.05, 4.69) is 62.5 Å². The highest BCUT2D eigenvalue weighted by Gasteiger charge is 2.24. The molecule has 0 saturated carbocycles. The van der Waals surface area contributed by atoms with Gasteiger partial charge in [-0.1, -0.05) is 191 Å². The van der Waals surface area contributed by atoms with Crippen LogP contribution in [-0.4, -0.2) is 46.9 Å². The molecule has 3 unspecified atom stereocenters. The number of carbonyl (C=O) groups excluding carboxylic acids is 2. The summed E-state index contributed by atoms with van der Waals surface area (Å²) in [6, 6.07) is -0.712. The van der Waals surface area contributed by atoms with Crippen molar-refractivity contribution in [3.05, 3.63) is 48.6 Å². The van der Waals surface area contributed by atoms with Gasteiger partial charge in [-0.3, -0.25) is 9.59 Å². The van der Waals surface area contributed by atoms with Crippen LogP contribution in [0.15, 0.2) is 48.6 Å². The average molecular weight is 772 g/mol. The smallest absolute Gasteiger partial charge is 0.306 e. The first-order valence-electron chi connectivity index (χ1n) is 23.4. The highest BCUT2D eigenvalue weighted by molar-refractivity contribution is 5.77. The van der Waals surface area contributed by atoms with E-state index >= 15 is 0 Å². The molecule has 0 aliphatic heterocycles. The van der Waals surface area contributed by atoms with E-state index in [-0.39, 0.29) is 24.9 Å². The lowest BCUT2D eigenvalue weighted by Crippen LogP contribution is -2.46. The van der Waals surface area contributed by atoms with Crippen LogP contribution >= 0.6 is 0 Å². The third kappa shape index (κ3) is 38.5. The Kier molecular flexibility index (Phi) is 41.2. The number of aliphatic hydroxyl groups excluding tert-OH is 2. The molecule has 0 aromatic carbocycles. The number of aliphatic hydroxyl groups is 2. The molecule has 0 fully saturated rings. The Morgan fingerprint density at radius 1 is 0.545 bits per heavy atom. The van der Waals surface area contributed by atoms with E-state index in [1.807, 2.05) is 12.2 Å².